The van der Waals surface area contributed by atoms with E-state index in [4.69, 9.17) is 4.52 Å². The highest BCUT2D eigenvalue weighted by atomic mass is 16.5. The van der Waals surface area contributed by atoms with Gasteiger partial charge in [-0.1, -0.05) is 93.9 Å². The Kier molecular flexibility index (Phi) is 9.41. The summed E-state index contributed by atoms with van der Waals surface area (Å²) in [5.41, 5.74) is 2.65. The molecule has 1 saturated carbocycles. The number of rotatable bonds is 11. The summed E-state index contributed by atoms with van der Waals surface area (Å²) in [6.07, 6.45) is 16.3. The lowest BCUT2D eigenvalue weighted by molar-refractivity contribution is -0.141. The molecular formula is C34H45N3O4. The predicted octanol–water partition coefficient (Wildman–Crippen LogP) is 6.34. The summed E-state index contributed by atoms with van der Waals surface area (Å²) in [6, 6.07) is 9.41. The topological polar surface area (TPSA) is 92.5 Å². The average Bonchev–Trinajstić information content (AvgIpc) is 3.68. The largest absolute Gasteiger partial charge is 0.351 e. The number of allylic oxidation sites excluding steroid dienone is 1. The number of aromatic nitrogens is 1. The van der Waals surface area contributed by atoms with Crippen molar-refractivity contribution in [3.8, 4) is 0 Å². The van der Waals surface area contributed by atoms with Crippen molar-refractivity contribution >= 4 is 23.7 Å². The maximum atomic E-state index is 14.0. The van der Waals surface area contributed by atoms with Crippen LogP contribution in [0.5, 0.6) is 0 Å². The van der Waals surface area contributed by atoms with Gasteiger partial charge in [-0.15, -0.1) is 0 Å². The maximum absolute atomic E-state index is 14.0. The molecule has 5 rings (SSSR count). The summed E-state index contributed by atoms with van der Waals surface area (Å²) in [5.74, 6) is -0.0600. The fourth-order valence-electron chi connectivity index (χ4n) is 7.16. The van der Waals surface area contributed by atoms with E-state index in [2.05, 4.69) is 60.7 Å². The highest BCUT2D eigenvalue weighted by Crippen LogP contribution is 2.44. The highest BCUT2D eigenvalue weighted by Gasteiger charge is 2.41. The quantitative estimate of drug-likeness (QED) is 0.347. The maximum Gasteiger partial charge on any atom is 0.290 e. The Hall–Kier alpha value is -3.22. The SMILES string of the molecule is CC[C@H](C)[C@H](CC(=O)[C@H](CCC1CCCCC1)NC(=O)c1ccno1)C(=O)N1CCC2(C=Cc3ccccc32)CC1. The lowest BCUT2D eigenvalue weighted by Crippen LogP contribution is -2.48. The molecule has 1 saturated heterocycles. The highest BCUT2D eigenvalue weighted by molar-refractivity contribution is 5.97. The van der Waals surface area contributed by atoms with Gasteiger partial charge in [0, 0.05) is 36.9 Å². The molecule has 220 valence electrons. The van der Waals surface area contributed by atoms with E-state index >= 15 is 0 Å². The second-order valence-corrected chi connectivity index (χ2v) is 12.5. The van der Waals surface area contributed by atoms with E-state index in [9.17, 15) is 14.4 Å². The number of hydrogen-bond acceptors (Lipinski definition) is 5. The Morgan fingerprint density at radius 1 is 1.10 bits per heavy atom. The first-order valence-corrected chi connectivity index (χ1v) is 15.7. The number of likely N-dealkylation sites (tertiary alicyclic amines) is 1. The van der Waals surface area contributed by atoms with E-state index in [1.807, 2.05) is 4.90 Å². The molecule has 2 heterocycles. The van der Waals surface area contributed by atoms with Crippen molar-refractivity contribution in [3.63, 3.8) is 0 Å². The van der Waals surface area contributed by atoms with Gasteiger partial charge in [0.05, 0.1) is 12.2 Å². The molecule has 2 aromatic rings. The van der Waals surface area contributed by atoms with Crippen LogP contribution >= 0.6 is 0 Å². The third kappa shape index (κ3) is 6.65. The van der Waals surface area contributed by atoms with Crippen LogP contribution in [-0.4, -0.2) is 46.8 Å². The summed E-state index contributed by atoms with van der Waals surface area (Å²) in [6.45, 7) is 5.52. The molecule has 1 N–H and O–H groups in total. The number of nitrogens with zero attached hydrogens (tertiary/aromatic N) is 2. The minimum Gasteiger partial charge on any atom is -0.351 e. The number of piperidine rings is 1. The van der Waals surface area contributed by atoms with E-state index in [1.54, 1.807) is 0 Å². The molecule has 0 radical (unpaired) electrons. The molecule has 3 aliphatic rings. The minimum atomic E-state index is -0.640. The number of carbonyl (C=O) groups is 3. The first-order valence-electron chi connectivity index (χ1n) is 15.7. The molecule has 0 unspecified atom stereocenters. The Balaban J connectivity index is 1.25. The monoisotopic (exact) mass is 559 g/mol. The van der Waals surface area contributed by atoms with Gasteiger partial charge in [0.2, 0.25) is 11.7 Å². The Morgan fingerprint density at radius 3 is 2.56 bits per heavy atom. The fraction of sp³-hybridized carbons (Fsp3) is 0.588. The van der Waals surface area contributed by atoms with Crippen molar-refractivity contribution in [2.24, 2.45) is 17.8 Å². The van der Waals surface area contributed by atoms with Crippen LogP contribution in [-0.2, 0) is 15.0 Å². The van der Waals surface area contributed by atoms with Crippen molar-refractivity contribution in [2.75, 3.05) is 13.1 Å². The second-order valence-electron chi connectivity index (χ2n) is 12.5. The predicted molar refractivity (Wildman–Crippen MR) is 159 cm³/mol. The van der Waals surface area contributed by atoms with Crippen molar-refractivity contribution in [1.29, 1.82) is 0 Å². The average molecular weight is 560 g/mol. The zero-order valence-corrected chi connectivity index (χ0v) is 24.6. The molecule has 2 fully saturated rings. The smallest absolute Gasteiger partial charge is 0.290 e. The lowest BCUT2D eigenvalue weighted by Gasteiger charge is -2.41. The van der Waals surface area contributed by atoms with E-state index in [0.29, 0.717) is 25.4 Å². The Morgan fingerprint density at radius 2 is 1.85 bits per heavy atom. The van der Waals surface area contributed by atoms with Crippen molar-refractivity contribution < 1.29 is 18.9 Å². The number of benzene rings is 1. The Bertz CT molecular complexity index is 1220. The molecule has 2 amide bonds. The van der Waals surface area contributed by atoms with Crippen LogP contribution in [0.15, 0.2) is 47.1 Å². The van der Waals surface area contributed by atoms with Gasteiger partial charge < -0.3 is 14.7 Å². The van der Waals surface area contributed by atoms with Gasteiger partial charge in [0.25, 0.3) is 5.91 Å². The molecule has 41 heavy (non-hydrogen) atoms. The van der Waals surface area contributed by atoms with Crippen molar-refractivity contribution in [3.05, 3.63) is 59.5 Å². The first kappa shape index (κ1) is 29.3. The van der Waals surface area contributed by atoms with Crippen LogP contribution < -0.4 is 5.32 Å². The molecule has 1 aliphatic heterocycles. The van der Waals surface area contributed by atoms with Gasteiger partial charge in [-0.2, -0.15) is 0 Å². The fourth-order valence-corrected chi connectivity index (χ4v) is 7.16. The zero-order chi connectivity index (χ0) is 28.8. The van der Waals surface area contributed by atoms with Gasteiger partial charge >= 0.3 is 0 Å². The van der Waals surface area contributed by atoms with Gasteiger partial charge in [-0.3, -0.25) is 14.4 Å². The molecule has 2 aliphatic carbocycles. The number of hydrogen-bond donors (Lipinski definition) is 1. The summed E-state index contributed by atoms with van der Waals surface area (Å²) < 4.78 is 5.05. The van der Waals surface area contributed by atoms with E-state index in [1.165, 1.54) is 55.5 Å². The third-order valence-electron chi connectivity index (χ3n) is 10.1. The molecule has 1 aromatic carbocycles. The number of nitrogens with one attached hydrogen (secondary N) is 1. The van der Waals surface area contributed by atoms with Gasteiger partial charge in [0.15, 0.2) is 5.78 Å². The van der Waals surface area contributed by atoms with E-state index in [0.717, 1.165) is 25.7 Å². The summed E-state index contributed by atoms with van der Waals surface area (Å²) in [4.78, 5) is 42.6. The molecule has 7 nitrogen and oxygen atoms in total. The number of Topliss-reactive ketones (excluding diaryl/α,β-unsaturated/α-hetero) is 1. The van der Waals surface area contributed by atoms with Crippen LogP contribution in [0.2, 0.25) is 0 Å². The van der Waals surface area contributed by atoms with Gasteiger partial charge in [-0.25, -0.2) is 0 Å². The number of carbonyl (C=O) groups excluding carboxylic acids is 3. The van der Waals surface area contributed by atoms with Crippen molar-refractivity contribution in [1.82, 2.24) is 15.4 Å². The van der Waals surface area contributed by atoms with Crippen LogP contribution in [0, 0.1) is 17.8 Å². The molecule has 1 spiro atoms. The van der Waals surface area contributed by atoms with E-state index < -0.39 is 17.9 Å². The number of ketones is 1. The zero-order valence-electron chi connectivity index (χ0n) is 24.6. The summed E-state index contributed by atoms with van der Waals surface area (Å²) in [5, 5.41) is 6.56. The molecule has 7 heteroatoms. The number of amides is 2. The standard InChI is InChI=1S/C34H45N3O4/c1-3-24(2)27(33(40)37-21-18-34(19-22-37)17-15-26-11-7-8-12-28(26)34)23-30(38)29(14-13-25-9-5-4-6-10-25)36-32(39)31-16-20-35-41-31/h7-8,11-12,15-17,20,24-25,27,29H,3-6,9-10,13-14,18-19,21-23H2,1-2H3,(H,36,39)/t24-,27-,29-/m0/s1. The second kappa shape index (κ2) is 13.2. The normalized spacial score (nSPS) is 20.4. The summed E-state index contributed by atoms with van der Waals surface area (Å²) in [7, 11) is 0. The van der Waals surface area contributed by atoms with Crippen LogP contribution in [0.25, 0.3) is 6.08 Å². The first-order chi connectivity index (χ1) is 19.9. The van der Waals surface area contributed by atoms with Crippen LogP contribution in [0.1, 0.15) is 106 Å². The molecule has 3 atom stereocenters. The van der Waals surface area contributed by atoms with Gasteiger partial charge in [-0.05, 0) is 48.6 Å². The number of fused-ring (bicyclic) bond motifs is 2. The molecular weight excluding hydrogens is 514 g/mol. The molecule has 1 aromatic heterocycles. The minimum absolute atomic E-state index is 0.00423. The van der Waals surface area contributed by atoms with Gasteiger partial charge in [0.1, 0.15) is 0 Å². The third-order valence-corrected chi connectivity index (χ3v) is 10.1. The van der Waals surface area contributed by atoms with Crippen LogP contribution in [0.3, 0.4) is 0 Å². The Labute approximate surface area is 244 Å². The van der Waals surface area contributed by atoms with Crippen molar-refractivity contribution in [2.45, 2.75) is 95.9 Å². The van der Waals surface area contributed by atoms with Crippen LogP contribution in [0.4, 0.5) is 0 Å². The lowest BCUT2D eigenvalue weighted by atomic mass is 9.74. The molecule has 0 bridgehead atoms. The summed E-state index contributed by atoms with van der Waals surface area (Å²) >= 11 is 0. The van der Waals surface area contributed by atoms with E-state index in [-0.39, 0.29) is 35.2 Å².